The molecule has 4 saturated carbocycles. The maximum Gasteiger partial charge on any atom is 0.246 e. The van der Waals surface area contributed by atoms with Crippen molar-refractivity contribution in [2.75, 3.05) is 32.3 Å². The van der Waals surface area contributed by atoms with Crippen LogP contribution < -0.4 is 15.0 Å². The van der Waals surface area contributed by atoms with Crippen LogP contribution in [-0.2, 0) is 19.7 Å². The molecule has 0 atom stereocenters. The van der Waals surface area contributed by atoms with Gasteiger partial charge in [0.15, 0.2) is 0 Å². The van der Waals surface area contributed by atoms with E-state index in [9.17, 15) is 9.59 Å². The lowest BCUT2D eigenvalue weighted by Gasteiger charge is -2.55. The van der Waals surface area contributed by atoms with Crippen molar-refractivity contribution in [3.05, 3.63) is 60.0 Å². The molecule has 0 aliphatic heterocycles. The number of aryl methyl sites for hydroxylation is 1. The number of methoxy groups -OCH3 is 2. The van der Waals surface area contributed by atoms with E-state index in [1.807, 2.05) is 28.0 Å². The number of aromatic nitrogens is 3. The molecule has 4 aliphatic rings. The Hall–Kier alpha value is -3.72. The summed E-state index contributed by atoms with van der Waals surface area (Å²) in [7, 11) is 3.26. The number of ether oxygens (including phenoxy) is 2. The van der Waals surface area contributed by atoms with Crippen LogP contribution in [0.3, 0.4) is 0 Å². The molecule has 2 aromatic heterocycles. The van der Waals surface area contributed by atoms with Crippen molar-refractivity contribution in [1.29, 1.82) is 0 Å². The number of rotatable bonds is 11. The molecule has 2 amide bonds. The molecule has 1 N–H and O–H groups in total. The molecule has 4 fully saturated rings. The second kappa shape index (κ2) is 13.8. The van der Waals surface area contributed by atoms with E-state index in [1.165, 1.54) is 18.2 Å². The summed E-state index contributed by atoms with van der Waals surface area (Å²) >= 11 is 0. The van der Waals surface area contributed by atoms with Gasteiger partial charge in [0.05, 0.1) is 13.3 Å². The quantitative estimate of drug-likeness (QED) is 0.248. The fourth-order valence-corrected chi connectivity index (χ4v) is 8.37. The van der Waals surface area contributed by atoms with Crippen molar-refractivity contribution in [2.45, 2.75) is 102 Å². The molecule has 2 bridgehead atoms. The van der Waals surface area contributed by atoms with Gasteiger partial charge in [-0.1, -0.05) is 12.1 Å². The van der Waals surface area contributed by atoms with Gasteiger partial charge >= 0.3 is 0 Å². The van der Waals surface area contributed by atoms with Gasteiger partial charge in [-0.2, -0.15) is 5.10 Å². The maximum absolute atomic E-state index is 14.5. The van der Waals surface area contributed by atoms with Crippen LogP contribution in [0.5, 0.6) is 5.75 Å². The van der Waals surface area contributed by atoms with Crippen LogP contribution in [0.25, 0.3) is 11.1 Å². The zero-order valence-corrected chi connectivity index (χ0v) is 28.8. The third-order valence-electron chi connectivity index (χ3n) is 11.4. The Labute approximate surface area is 279 Å². The van der Waals surface area contributed by atoms with E-state index in [2.05, 4.69) is 61.6 Å². The Kier molecular flexibility index (Phi) is 9.74. The normalized spacial score (nSPS) is 25.5. The monoisotopic (exact) mass is 641 g/mol. The summed E-state index contributed by atoms with van der Waals surface area (Å²) in [6, 6.07) is 11.2. The van der Waals surface area contributed by atoms with Gasteiger partial charge in [0.25, 0.3) is 0 Å². The van der Waals surface area contributed by atoms with Crippen LogP contribution in [0.4, 0.5) is 5.82 Å². The minimum atomic E-state index is -0.0970. The predicted octanol–water partition coefficient (Wildman–Crippen LogP) is 6.79. The molecule has 47 heavy (non-hydrogen) atoms. The Morgan fingerprint density at radius 2 is 1.72 bits per heavy atom. The fraction of sp³-hybridized carbons (Fsp3) is 0.579. The minimum absolute atomic E-state index is 0.0617. The summed E-state index contributed by atoms with van der Waals surface area (Å²) in [5, 5.41) is 7.63. The standard InChI is InChI=1S/C38H51N5O4/c1-26(2)43-23-30(22-40-43)29-12-19-39-34(21-29)42(36(45)28-6-9-32(10-7-28)41-35(44)24-46-4)25-37-13-16-38(17-14-37,18-15-37)31-8-11-33(47-5)27(3)20-31/h8,11-12,19-23,26,28,32H,6-7,9-10,13-18,24-25H2,1-5H3,(H,41,44)/t28-,32-,37?,38?. The number of pyridine rings is 1. The molecule has 2 heterocycles. The molecule has 7 rings (SSSR count). The van der Waals surface area contributed by atoms with Crippen LogP contribution in [0, 0.1) is 18.3 Å². The van der Waals surface area contributed by atoms with E-state index in [0.717, 1.165) is 86.9 Å². The first-order valence-electron chi connectivity index (χ1n) is 17.4. The smallest absolute Gasteiger partial charge is 0.246 e. The van der Waals surface area contributed by atoms with E-state index in [4.69, 9.17) is 14.5 Å². The molecule has 0 spiro atoms. The van der Waals surface area contributed by atoms with Crippen molar-refractivity contribution >= 4 is 17.6 Å². The van der Waals surface area contributed by atoms with Crippen molar-refractivity contribution in [3.63, 3.8) is 0 Å². The number of carbonyl (C=O) groups is 2. The van der Waals surface area contributed by atoms with Gasteiger partial charge in [-0.25, -0.2) is 4.98 Å². The van der Waals surface area contributed by atoms with Gasteiger partial charge in [-0.15, -0.1) is 0 Å². The molecule has 0 unspecified atom stereocenters. The summed E-state index contributed by atoms with van der Waals surface area (Å²) in [5.74, 6) is 1.64. The number of hydrogen-bond acceptors (Lipinski definition) is 6. The highest BCUT2D eigenvalue weighted by Gasteiger charge is 2.51. The number of anilines is 1. The molecular weight excluding hydrogens is 590 g/mol. The number of hydrogen-bond donors (Lipinski definition) is 1. The average molecular weight is 642 g/mol. The SMILES string of the molecule is COCC(=O)N[C@H]1CC[C@H](C(=O)N(CC23CCC(c4ccc(OC)c(C)c4)(CC2)CC3)c2cc(-c3cnn(C(C)C)c3)ccn2)CC1. The zero-order chi connectivity index (χ0) is 33.2. The summed E-state index contributed by atoms with van der Waals surface area (Å²) in [4.78, 5) is 33.5. The summed E-state index contributed by atoms with van der Waals surface area (Å²) in [6.07, 6.45) is 15.6. The number of carbonyl (C=O) groups excluding carboxylic acids is 2. The van der Waals surface area contributed by atoms with Gasteiger partial charge in [0, 0.05) is 49.6 Å². The predicted molar refractivity (Wildman–Crippen MR) is 184 cm³/mol. The zero-order valence-electron chi connectivity index (χ0n) is 28.8. The van der Waals surface area contributed by atoms with Crippen LogP contribution in [-0.4, -0.2) is 60.0 Å². The second-order valence-electron chi connectivity index (χ2n) is 14.6. The number of nitrogens with one attached hydrogen (secondary N) is 1. The first-order chi connectivity index (χ1) is 22.6. The molecule has 4 aliphatic carbocycles. The molecule has 0 saturated heterocycles. The Balaban J connectivity index is 1.23. The number of nitrogens with zero attached hydrogens (tertiary/aromatic N) is 4. The highest BCUT2D eigenvalue weighted by atomic mass is 16.5. The highest BCUT2D eigenvalue weighted by molar-refractivity contribution is 5.95. The third-order valence-corrected chi connectivity index (χ3v) is 11.4. The summed E-state index contributed by atoms with van der Waals surface area (Å²) in [5.41, 5.74) is 4.94. The van der Waals surface area contributed by atoms with Crippen molar-refractivity contribution in [2.24, 2.45) is 11.3 Å². The van der Waals surface area contributed by atoms with Gasteiger partial charge in [-0.3, -0.25) is 19.2 Å². The molecule has 9 heteroatoms. The van der Waals surface area contributed by atoms with E-state index in [0.29, 0.717) is 6.54 Å². The summed E-state index contributed by atoms with van der Waals surface area (Å²) < 4.78 is 12.5. The maximum atomic E-state index is 14.5. The van der Waals surface area contributed by atoms with Crippen LogP contribution in [0.15, 0.2) is 48.9 Å². The van der Waals surface area contributed by atoms with E-state index < -0.39 is 0 Å². The first kappa shape index (κ1) is 33.2. The minimum Gasteiger partial charge on any atom is -0.496 e. The van der Waals surface area contributed by atoms with E-state index >= 15 is 0 Å². The average Bonchev–Trinajstić information content (AvgIpc) is 3.60. The van der Waals surface area contributed by atoms with E-state index in [-0.39, 0.29) is 47.3 Å². The number of benzene rings is 1. The Morgan fingerprint density at radius 1 is 1.00 bits per heavy atom. The lowest BCUT2D eigenvalue weighted by Crippen LogP contribution is -2.52. The van der Waals surface area contributed by atoms with Crippen LogP contribution >= 0.6 is 0 Å². The third kappa shape index (κ3) is 6.96. The topological polar surface area (TPSA) is 98.6 Å². The lowest BCUT2D eigenvalue weighted by molar-refractivity contribution is -0.126. The van der Waals surface area contributed by atoms with Crippen LogP contribution in [0.1, 0.15) is 95.2 Å². The molecule has 0 radical (unpaired) electrons. The first-order valence-corrected chi connectivity index (χ1v) is 17.4. The Morgan fingerprint density at radius 3 is 2.34 bits per heavy atom. The molecular formula is C38H51N5O4. The van der Waals surface area contributed by atoms with Gasteiger partial charge in [0.1, 0.15) is 18.2 Å². The van der Waals surface area contributed by atoms with Crippen molar-refractivity contribution in [3.8, 4) is 16.9 Å². The largest absolute Gasteiger partial charge is 0.496 e. The van der Waals surface area contributed by atoms with Gasteiger partial charge in [-0.05, 0) is 131 Å². The van der Waals surface area contributed by atoms with E-state index in [1.54, 1.807) is 7.11 Å². The van der Waals surface area contributed by atoms with Crippen molar-refractivity contribution < 1.29 is 19.1 Å². The number of fused-ring (bicyclic) bond motifs is 3. The second-order valence-corrected chi connectivity index (χ2v) is 14.6. The Bertz CT molecular complexity index is 1550. The highest BCUT2D eigenvalue weighted by Crippen LogP contribution is 2.58. The lowest BCUT2D eigenvalue weighted by atomic mass is 9.51. The summed E-state index contributed by atoms with van der Waals surface area (Å²) in [6.45, 7) is 7.12. The van der Waals surface area contributed by atoms with Crippen LogP contribution in [0.2, 0.25) is 0 Å². The van der Waals surface area contributed by atoms with Crippen molar-refractivity contribution in [1.82, 2.24) is 20.1 Å². The number of amides is 2. The molecule has 252 valence electrons. The van der Waals surface area contributed by atoms with Gasteiger partial charge in [0.2, 0.25) is 11.8 Å². The molecule has 1 aromatic carbocycles. The molecule has 3 aromatic rings. The molecule has 9 nitrogen and oxygen atoms in total. The fourth-order valence-electron chi connectivity index (χ4n) is 8.37. The van der Waals surface area contributed by atoms with Gasteiger partial charge < -0.3 is 14.8 Å².